The van der Waals surface area contributed by atoms with Crippen molar-refractivity contribution in [2.75, 3.05) is 14.2 Å². The fourth-order valence-corrected chi connectivity index (χ4v) is 5.44. The quantitative estimate of drug-likeness (QED) is 0.270. The number of aliphatic hydroxyl groups is 1. The molecule has 39 heavy (non-hydrogen) atoms. The summed E-state index contributed by atoms with van der Waals surface area (Å²) >= 11 is 0. The van der Waals surface area contributed by atoms with Crippen LogP contribution in [0, 0.1) is 0 Å². The highest BCUT2D eigenvalue weighted by Crippen LogP contribution is 2.56. The number of fused-ring (bicyclic) bond motifs is 4. The van der Waals surface area contributed by atoms with Gasteiger partial charge < -0.3 is 43.8 Å². The van der Waals surface area contributed by atoms with Crippen molar-refractivity contribution in [2.24, 2.45) is 0 Å². The average molecular weight is 540 g/mol. The normalized spacial score (nSPS) is 23.2. The van der Waals surface area contributed by atoms with E-state index in [1.54, 1.807) is 0 Å². The van der Waals surface area contributed by atoms with Crippen molar-refractivity contribution >= 4 is 28.3 Å². The Bertz CT molecular complexity index is 1700. The molecular formula is C26H20O13. The smallest absolute Gasteiger partial charge is 0.374 e. The first-order valence-corrected chi connectivity index (χ1v) is 11.7. The van der Waals surface area contributed by atoms with Gasteiger partial charge in [-0.05, 0) is 17.5 Å². The summed E-state index contributed by atoms with van der Waals surface area (Å²) < 4.78 is 26.4. The fraction of sp³-hybridized carbons (Fsp3) is 0.308. The van der Waals surface area contributed by atoms with E-state index >= 15 is 0 Å². The van der Waals surface area contributed by atoms with Gasteiger partial charge in [0.15, 0.2) is 34.6 Å². The molecule has 0 fully saturated rings. The van der Waals surface area contributed by atoms with Crippen LogP contribution in [0.4, 0.5) is 0 Å². The lowest BCUT2D eigenvalue weighted by molar-refractivity contribution is -0.139. The molecule has 0 amide bonds. The molecule has 3 aromatic rings. The number of aromatic hydroxyl groups is 3. The maximum Gasteiger partial charge on any atom is 0.374 e. The molecule has 3 atom stereocenters. The third-order valence-electron chi connectivity index (χ3n) is 7.25. The molecule has 1 aromatic heterocycles. The van der Waals surface area contributed by atoms with Crippen LogP contribution in [0.2, 0.25) is 0 Å². The monoisotopic (exact) mass is 540 g/mol. The first-order chi connectivity index (χ1) is 18.5. The van der Waals surface area contributed by atoms with E-state index in [2.05, 4.69) is 4.74 Å². The summed E-state index contributed by atoms with van der Waals surface area (Å²) in [5, 5.41) is 43.7. The average Bonchev–Trinajstić information content (AvgIpc) is 3.27. The summed E-state index contributed by atoms with van der Waals surface area (Å²) in [5.74, 6) is -7.12. The van der Waals surface area contributed by atoms with Gasteiger partial charge in [-0.2, -0.15) is 0 Å². The lowest BCUT2D eigenvalue weighted by Crippen LogP contribution is -2.45. The van der Waals surface area contributed by atoms with Gasteiger partial charge in [-0.1, -0.05) is 0 Å². The molecule has 13 heteroatoms. The number of ketones is 2. The number of carbonyl (C=O) groups excluding carboxylic acids is 3. The predicted molar refractivity (Wildman–Crippen MR) is 127 cm³/mol. The Morgan fingerprint density at radius 2 is 1.72 bits per heavy atom. The van der Waals surface area contributed by atoms with Crippen molar-refractivity contribution in [2.45, 2.75) is 37.3 Å². The predicted octanol–water partition coefficient (Wildman–Crippen LogP) is 1.63. The van der Waals surface area contributed by atoms with Crippen LogP contribution in [0.1, 0.15) is 61.3 Å². The molecule has 3 unspecified atom stereocenters. The summed E-state index contributed by atoms with van der Waals surface area (Å²) in [5.41, 5.74) is -1.87. The third kappa shape index (κ3) is 3.33. The van der Waals surface area contributed by atoms with Crippen LogP contribution in [0.15, 0.2) is 21.3 Å². The zero-order valence-corrected chi connectivity index (χ0v) is 20.4. The van der Waals surface area contributed by atoms with E-state index in [0.29, 0.717) is 0 Å². The minimum atomic E-state index is -1.81. The molecule has 4 N–H and O–H groups in total. The van der Waals surface area contributed by atoms with Crippen molar-refractivity contribution in [3.8, 4) is 28.7 Å². The molecular weight excluding hydrogens is 520 g/mol. The Labute approximate surface area is 217 Å². The zero-order chi connectivity index (χ0) is 28.0. The zero-order valence-electron chi connectivity index (χ0n) is 20.4. The van der Waals surface area contributed by atoms with Crippen LogP contribution in [0.5, 0.6) is 28.7 Å². The maximum atomic E-state index is 12.9. The maximum absolute atomic E-state index is 12.9. The van der Waals surface area contributed by atoms with Gasteiger partial charge >= 0.3 is 11.6 Å². The van der Waals surface area contributed by atoms with E-state index in [9.17, 15) is 39.6 Å². The van der Waals surface area contributed by atoms with Crippen molar-refractivity contribution in [1.29, 1.82) is 0 Å². The Kier molecular flexibility index (Phi) is 5.19. The molecule has 2 aliphatic heterocycles. The molecule has 3 aliphatic rings. The molecule has 0 bridgehead atoms. The van der Waals surface area contributed by atoms with Gasteiger partial charge in [-0.25, -0.2) is 9.59 Å². The second kappa shape index (κ2) is 8.19. The van der Waals surface area contributed by atoms with E-state index in [1.807, 2.05) is 0 Å². The number of carbonyl (C=O) groups is 3. The second-order valence-corrected chi connectivity index (χ2v) is 9.48. The third-order valence-corrected chi connectivity index (χ3v) is 7.25. The lowest BCUT2D eigenvalue weighted by Gasteiger charge is -2.37. The summed E-state index contributed by atoms with van der Waals surface area (Å²) in [6.45, 7) is 0. The molecule has 6 rings (SSSR count). The van der Waals surface area contributed by atoms with Crippen LogP contribution in [0.25, 0.3) is 10.8 Å². The first-order valence-electron chi connectivity index (χ1n) is 11.7. The molecule has 202 valence electrons. The highest BCUT2D eigenvalue weighted by Gasteiger charge is 2.53. The molecule has 2 aromatic carbocycles. The highest BCUT2D eigenvalue weighted by molar-refractivity contribution is 6.19. The number of methoxy groups -OCH3 is 2. The lowest BCUT2D eigenvalue weighted by atomic mass is 9.83. The summed E-state index contributed by atoms with van der Waals surface area (Å²) in [7, 11) is 2.33. The first kappa shape index (κ1) is 24.7. The van der Waals surface area contributed by atoms with Gasteiger partial charge in [0.2, 0.25) is 5.76 Å². The van der Waals surface area contributed by atoms with Gasteiger partial charge in [0.25, 0.3) is 5.79 Å². The molecule has 1 aliphatic carbocycles. The Hall–Kier alpha value is -4.62. The Morgan fingerprint density at radius 3 is 2.41 bits per heavy atom. The SMILES string of the molecule is COC(=O)c1cc2cc3c(c(O)c2c(=O)o1)OC1(Cc2c(O)c4c(c(O)c2O1)C(=O)C(OC)CC4=O)CC3O. The number of ether oxygens (including phenoxy) is 4. The number of esters is 1. The Morgan fingerprint density at radius 1 is 1.00 bits per heavy atom. The van der Waals surface area contributed by atoms with Crippen LogP contribution in [-0.4, -0.2) is 64.1 Å². The van der Waals surface area contributed by atoms with Crippen molar-refractivity contribution in [3.63, 3.8) is 0 Å². The number of benzene rings is 2. The largest absolute Gasteiger partial charge is 0.507 e. The van der Waals surface area contributed by atoms with Gasteiger partial charge in [0.05, 0.1) is 37.2 Å². The highest BCUT2D eigenvalue weighted by atomic mass is 16.7. The van der Waals surface area contributed by atoms with Crippen LogP contribution >= 0.6 is 0 Å². The van der Waals surface area contributed by atoms with E-state index in [-0.39, 0.29) is 58.2 Å². The van der Waals surface area contributed by atoms with Gasteiger partial charge in [0, 0.05) is 24.7 Å². The van der Waals surface area contributed by atoms with E-state index in [1.165, 1.54) is 19.2 Å². The Balaban J connectivity index is 1.47. The summed E-state index contributed by atoms with van der Waals surface area (Å²) in [4.78, 5) is 50.1. The fourth-order valence-electron chi connectivity index (χ4n) is 5.44. The topological polar surface area (TPSA) is 199 Å². The van der Waals surface area contributed by atoms with Crippen molar-refractivity contribution in [3.05, 3.63) is 50.6 Å². The number of phenolic OH excluding ortho intramolecular Hbond substituents is 3. The van der Waals surface area contributed by atoms with Crippen molar-refractivity contribution in [1.82, 2.24) is 0 Å². The molecule has 13 nitrogen and oxygen atoms in total. The minimum absolute atomic E-state index is 0.0403. The summed E-state index contributed by atoms with van der Waals surface area (Å²) in [6, 6.07) is 2.51. The molecule has 0 saturated carbocycles. The van der Waals surface area contributed by atoms with E-state index < -0.39 is 69.7 Å². The number of Topliss-reactive ketones (excluding diaryl/α,β-unsaturated/α-hetero) is 2. The van der Waals surface area contributed by atoms with Crippen LogP contribution in [-0.2, 0) is 15.9 Å². The number of hydrogen-bond acceptors (Lipinski definition) is 13. The number of rotatable bonds is 2. The van der Waals surface area contributed by atoms with Gasteiger partial charge in [0.1, 0.15) is 17.2 Å². The number of phenols is 3. The van der Waals surface area contributed by atoms with Gasteiger partial charge in [-0.3, -0.25) is 9.59 Å². The molecule has 0 radical (unpaired) electrons. The molecule has 0 saturated heterocycles. The minimum Gasteiger partial charge on any atom is -0.507 e. The summed E-state index contributed by atoms with van der Waals surface area (Å²) in [6.07, 6.45) is -3.41. The standard InChI is InChI=1S/C26H20O13/c1-35-13-5-11(27)16-17(19(13)30)21(32)23-10(18(16)29)6-26(39-23)7-12(28)9-3-8-4-14(24(33)36-2)37-25(34)15(8)20(31)22(9)38-26/h3-4,12-13,28-29,31-32H,5-7H2,1-2H3. The van der Waals surface area contributed by atoms with E-state index in [4.69, 9.17) is 18.6 Å². The van der Waals surface area contributed by atoms with Gasteiger partial charge in [-0.15, -0.1) is 0 Å². The van der Waals surface area contributed by atoms with Crippen LogP contribution < -0.4 is 15.1 Å². The van der Waals surface area contributed by atoms with Crippen LogP contribution in [0.3, 0.4) is 0 Å². The number of aliphatic hydroxyl groups excluding tert-OH is 1. The molecule has 3 heterocycles. The second-order valence-electron chi connectivity index (χ2n) is 9.48. The molecule has 1 spiro atoms. The number of hydrogen-bond donors (Lipinski definition) is 4. The van der Waals surface area contributed by atoms with Crippen molar-refractivity contribution < 1.29 is 58.2 Å². The van der Waals surface area contributed by atoms with E-state index in [0.717, 1.165) is 7.11 Å².